The summed E-state index contributed by atoms with van der Waals surface area (Å²) in [5, 5.41) is 4.82. The van der Waals surface area contributed by atoms with E-state index in [0.717, 1.165) is 39.2 Å². The first-order valence-corrected chi connectivity index (χ1v) is 9.34. The summed E-state index contributed by atoms with van der Waals surface area (Å²) in [5.41, 5.74) is 5.95. The second kappa shape index (κ2) is 6.95. The van der Waals surface area contributed by atoms with Crippen LogP contribution in [0.1, 0.15) is 5.69 Å². The molecular weight excluding hydrogens is 363 g/mol. The number of hydrogen-bond donors (Lipinski definition) is 0. The molecule has 0 aliphatic rings. The molecule has 0 N–H and O–H groups in total. The van der Waals surface area contributed by atoms with Gasteiger partial charge in [0.2, 0.25) is 0 Å². The molecule has 0 aliphatic heterocycles. The fourth-order valence-electron chi connectivity index (χ4n) is 3.40. The SMILES string of the molecule is Cc1nc2ccccc2nc1-n1nc(-c2ccc(F)cc2)cc1-c1ccccc1. The van der Waals surface area contributed by atoms with Crippen LogP contribution in [0.3, 0.4) is 0 Å². The zero-order valence-electron chi connectivity index (χ0n) is 15.7. The van der Waals surface area contributed by atoms with E-state index in [1.807, 2.05) is 72.3 Å². The van der Waals surface area contributed by atoms with Gasteiger partial charge < -0.3 is 0 Å². The molecule has 0 unspecified atom stereocenters. The summed E-state index contributed by atoms with van der Waals surface area (Å²) in [6, 6.07) is 26.2. The summed E-state index contributed by atoms with van der Waals surface area (Å²) in [6.45, 7) is 1.93. The van der Waals surface area contributed by atoms with Crippen LogP contribution in [0, 0.1) is 12.7 Å². The molecule has 0 amide bonds. The highest BCUT2D eigenvalue weighted by molar-refractivity contribution is 5.76. The van der Waals surface area contributed by atoms with E-state index < -0.39 is 0 Å². The van der Waals surface area contributed by atoms with Crippen molar-refractivity contribution in [2.45, 2.75) is 6.92 Å². The van der Waals surface area contributed by atoms with E-state index >= 15 is 0 Å². The molecule has 5 rings (SSSR count). The van der Waals surface area contributed by atoms with Crippen molar-refractivity contribution in [2.75, 3.05) is 0 Å². The molecule has 140 valence electrons. The van der Waals surface area contributed by atoms with Crippen molar-refractivity contribution in [3.63, 3.8) is 0 Å². The lowest BCUT2D eigenvalue weighted by Gasteiger charge is -2.10. The summed E-state index contributed by atoms with van der Waals surface area (Å²) in [7, 11) is 0. The number of fused-ring (bicyclic) bond motifs is 1. The van der Waals surface area contributed by atoms with E-state index in [4.69, 9.17) is 15.1 Å². The number of benzene rings is 3. The first kappa shape index (κ1) is 17.3. The van der Waals surface area contributed by atoms with E-state index in [0.29, 0.717) is 5.82 Å². The fourth-order valence-corrected chi connectivity index (χ4v) is 3.40. The molecule has 0 spiro atoms. The van der Waals surface area contributed by atoms with Gasteiger partial charge >= 0.3 is 0 Å². The zero-order valence-corrected chi connectivity index (χ0v) is 15.7. The van der Waals surface area contributed by atoms with Gasteiger partial charge in [0.1, 0.15) is 5.82 Å². The van der Waals surface area contributed by atoms with Crippen LogP contribution in [0.5, 0.6) is 0 Å². The highest BCUT2D eigenvalue weighted by Gasteiger charge is 2.17. The minimum atomic E-state index is -0.271. The van der Waals surface area contributed by atoms with Gasteiger partial charge in [-0.15, -0.1) is 0 Å². The van der Waals surface area contributed by atoms with Crippen LogP contribution < -0.4 is 0 Å². The lowest BCUT2D eigenvalue weighted by atomic mass is 10.1. The van der Waals surface area contributed by atoms with Crippen LogP contribution in [-0.2, 0) is 0 Å². The maximum Gasteiger partial charge on any atom is 0.176 e. The average Bonchev–Trinajstić information content (AvgIpc) is 3.19. The van der Waals surface area contributed by atoms with Crippen LogP contribution in [0.15, 0.2) is 84.9 Å². The molecule has 0 bridgehead atoms. The second-order valence-corrected chi connectivity index (χ2v) is 6.82. The van der Waals surface area contributed by atoms with Gasteiger partial charge in [-0.25, -0.2) is 19.0 Å². The number of hydrogen-bond acceptors (Lipinski definition) is 3. The Kier molecular flexibility index (Phi) is 4.13. The van der Waals surface area contributed by atoms with Crippen LogP contribution in [0.4, 0.5) is 4.39 Å². The summed E-state index contributed by atoms with van der Waals surface area (Å²) in [6.07, 6.45) is 0. The lowest BCUT2D eigenvalue weighted by Crippen LogP contribution is -2.06. The molecule has 2 heterocycles. The van der Waals surface area contributed by atoms with Gasteiger partial charge in [0, 0.05) is 11.1 Å². The van der Waals surface area contributed by atoms with E-state index in [-0.39, 0.29) is 5.82 Å². The van der Waals surface area contributed by atoms with Gasteiger partial charge in [-0.1, -0.05) is 42.5 Å². The predicted octanol–water partition coefficient (Wildman–Crippen LogP) is 5.60. The molecule has 29 heavy (non-hydrogen) atoms. The van der Waals surface area contributed by atoms with Gasteiger partial charge in [0.15, 0.2) is 5.82 Å². The van der Waals surface area contributed by atoms with Gasteiger partial charge in [-0.2, -0.15) is 5.10 Å². The molecule has 3 aromatic carbocycles. The normalized spacial score (nSPS) is 11.1. The summed E-state index contributed by atoms with van der Waals surface area (Å²) < 4.78 is 15.2. The quantitative estimate of drug-likeness (QED) is 0.409. The largest absolute Gasteiger partial charge is 0.248 e. The Balaban J connectivity index is 1.75. The van der Waals surface area contributed by atoms with Crippen LogP contribution in [-0.4, -0.2) is 19.7 Å². The predicted molar refractivity (Wildman–Crippen MR) is 112 cm³/mol. The second-order valence-electron chi connectivity index (χ2n) is 6.82. The molecule has 5 aromatic rings. The lowest BCUT2D eigenvalue weighted by molar-refractivity contribution is 0.628. The third-order valence-electron chi connectivity index (χ3n) is 4.84. The Morgan fingerprint density at radius 2 is 1.38 bits per heavy atom. The molecule has 4 nitrogen and oxygen atoms in total. The minimum absolute atomic E-state index is 0.271. The number of nitrogens with zero attached hydrogens (tertiary/aromatic N) is 4. The molecule has 0 saturated carbocycles. The Labute approximate surface area is 167 Å². The van der Waals surface area contributed by atoms with Crippen molar-refractivity contribution in [3.8, 4) is 28.3 Å². The van der Waals surface area contributed by atoms with E-state index in [1.54, 1.807) is 12.1 Å². The van der Waals surface area contributed by atoms with E-state index in [2.05, 4.69) is 0 Å². The van der Waals surface area contributed by atoms with Crippen molar-refractivity contribution in [1.29, 1.82) is 0 Å². The first-order valence-electron chi connectivity index (χ1n) is 9.34. The minimum Gasteiger partial charge on any atom is -0.248 e. The van der Waals surface area contributed by atoms with Crippen molar-refractivity contribution >= 4 is 11.0 Å². The summed E-state index contributed by atoms with van der Waals surface area (Å²) in [4.78, 5) is 9.54. The van der Waals surface area contributed by atoms with Gasteiger partial charge in [-0.3, -0.25) is 0 Å². The Morgan fingerprint density at radius 1 is 0.724 bits per heavy atom. The van der Waals surface area contributed by atoms with Crippen molar-refractivity contribution < 1.29 is 4.39 Å². The fraction of sp³-hybridized carbons (Fsp3) is 0.0417. The Hall–Kier alpha value is -3.86. The van der Waals surface area contributed by atoms with Crippen LogP contribution in [0.2, 0.25) is 0 Å². The smallest absolute Gasteiger partial charge is 0.176 e. The Morgan fingerprint density at radius 3 is 2.10 bits per heavy atom. The maximum atomic E-state index is 13.4. The number of aryl methyl sites for hydroxylation is 1. The van der Waals surface area contributed by atoms with Crippen LogP contribution >= 0.6 is 0 Å². The number of para-hydroxylation sites is 2. The number of aromatic nitrogens is 4. The van der Waals surface area contributed by atoms with E-state index in [9.17, 15) is 4.39 Å². The molecule has 0 saturated heterocycles. The Bertz CT molecular complexity index is 1310. The highest BCUT2D eigenvalue weighted by atomic mass is 19.1. The molecule has 5 heteroatoms. The standard InChI is InChI=1S/C24H17FN4/c1-16-24(27-21-10-6-5-9-20(21)26-16)29-23(18-7-3-2-4-8-18)15-22(28-29)17-11-13-19(25)14-12-17/h2-15H,1H3. The molecule has 2 aromatic heterocycles. The molecule has 0 atom stereocenters. The van der Waals surface area contributed by atoms with Gasteiger partial charge in [-0.05, 0) is 49.4 Å². The molecule has 0 aliphatic carbocycles. The summed E-state index contributed by atoms with van der Waals surface area (Å²) in [5.74, 6) is 0.406. The van der Waals surface area contributed by atoms with Gasteiger partial charge in [0.05, 0.1) is 28.1 Å². The van der Waals surface area contributed by atoms with Crippen molar-refractivity contribution in [3.05, 3.63) is 96.4 Å². The van der Waals surface area contributed by atoms with Crippen molar-refractivity contribution in [2.24, 2.45) is 0 Å². The average molecular weight is 380 g/mol. The van der Waals surface area contributed by atoms with Crippen molar-refractivity contribution in [1.82, 2.24) is 19.7 Å². The topological polar surface area (TPSA) is 43.6 Å². The third-order valence-corrected chi connectivity index (χ3v) is 4.84. The summed E-state index contributed by atoms with van der Waals surface area (Å²) >= 11 is 0. The monoisotopic (exact) mass is 380 g/mol. The van der Waals surface area contributed by atoms with Crippen LogP contribution in [0.25, 0.3) is 39.4 Å². The molecule has 0 fully saturated rings. The number of halogens is 1. The van der Waals surface area contributed by atoms with Gasteiger partial charge in [0.25, 0.3) is 0 Å². The molecule has 0 radical (unpaired) electrons. The first-order chi connectivity index (χ1) is 14.2. The maximum absolute atomic E-state index is 13.4. The highest BCUT2D eigenvalue weighted by Crippen LogP contribution is 2.29. The van der Waals surface area contributed by atoms with E-state index in [1.165, 1.54) is 12.1 Å². The molecular formula is C24H17FN4. The third kappa shape index (κ3) is 3.17. The number of rotatable bonds is 3. The zero-order chi connectivity index (χ0) is 19.8.